The first-order chi connectivity index (χ1) is 16.4. The maximum atomic E-state index is 12.5. The second kappa shape index (κ2) is 11.7. The van der Waals surface area contributed by atoms with Gasteiger partial charge in [-0.15, -0.1) is 0 Å². The molecule has 34 heavy (non-hydrogen) atoms. The number of hydrogen-bond donors (Lipinski definition) is 2. The minimum Gasteiger partial charge on any atom is -0.497 e. The number of ether oxygens (including phenoxy) is 4. The molecule has 1 aliphatic rings. The Kier molecular flexibility index (Phi) is 8.50. The monoisotopic (exact) mass is 468 g/mol. The van der Waals surface area contributed by atoms with Gasteiger partial charge < -0.3 is 29.6 Å². The van der Waals surface area contributed by atoms with E-state index in [2.05, 4.69) is 10.6 Å². The first-order valence-electron chi connectivity index (χ1n) is 10.8. The highest BCUT2D eigenvalue weighted by atomic mass is 16.7. The van der Waals surface area contributed by atoms with Crippen molar-refractivity contribution in [3.8, 4) is 17.2 Å². The largest absolute Gasteiger partial charge is 0.497 e. The Hall–Kier alpha value is -4.01. The molecule has 2 N–H and O–H groups in total. The van der Waals surface area contributed by atoms with Gasteiger partial charge in [-0.05, 0) is 47.4 Å². The fourth-order valence-electron chi connectivity index (χ4n) is 3.12. The molecule has 2 aromatic carbocycles. The molecular formula is C25H28N2O7. The highest BCUT2D eigenvalue weighted by Crippen LogP contribution is 2.32. The highest BCUT2D eigenvalue weighted by molar-refractivity contribution is 5.95. The van der Waals surface area contributed by atoms with Crippen molar-refractivity contribution in [1.82, 2.24) is 10.6 Å². The average Bonchev–Trinajstić information content (AvgIpc) is 3.31. The number of hydrogen-bond acceptors (Lipinski definition) is 7. The summed E-state index contributed by atoms with van der Waals surface area (Å²) in [6.45, 7) is 3.52. The van der Waals surface area contributed by atoms with Crippen molar-refractivity contribution in [2.45, 2.75) is 26.4 Å². The van der Waals surface area contributed by atoms with E-state index >= 15 is 0 Å². The van der Waals surface area contributed by atoms with E-state index in [0.29, 0.717) is 17.2 Å². The van der Waals surface area contributed by atoms with Crippen LogP contribution in [0.1, 0.15) is 25.0 Å². The van der Waals surface area contributed by atoms with Crippen molar-refractivity contribution in [2.24, 2.45) is 5.92 Å². The summed E-state index contributed by atoms with van der Waals surface area (Å²) in [6, 6.07) is 11.6. The van der Waals surface area contributed by atoms with Crippen molar-refractivity contribution in [2.75, 3.05) is 20.5 Å². The summed E-state index contributed by atoms with van der Waals surface area (Å²) in [7, 11) is 1.58. The number of benzene rings is 2. The van der Waals surface area contributed by atoms with Crippen LogP contribution >= 0.6 is 0 Å². The van der Waals surface area contributed by atoms with Crippen LogP contribution in [0.5, 0.6) is 17.2 Å². The third-order valence-electron chi connectivity index (χ3n) is 5.03. The molecule has 180 valence electrons. The molecule has 0 aromatic heterocycles. The van der Waals surface area contributed by atoms with Gasteiger partial charge >= 0.3 is 5.97 Å². The van der Waals surface area contributed by atoms with Crippen molar-refractivity contribution in [3.05, 3.63) is 59.7 Å². The van der Waals surface area contributed by atoms with Gasteiger partial charge in [-0.3, -0.25) is 9.59 Å². The number of amides is 2. The van der Waals surface area contributed by atoms with Crippen molar-refractivity contribution >= 4 is 23.9 Å². The molecule has 0 saturated carbocycles. The van der Waals surface area contributed by atoms with E-state index in [4.69, 9.17) is 18.9 Å². The zero-order chi connectivity index (χ0) is 24.5. The zero-order valence-corrected chi connectivity index (χ0v) is 19.3. The normalized spacial score (nSPS) is 12.9. The second-order valence-electron chi connectivity index (χ2n) is 7.91. The molecule has 0 fully saturated rings. The molecule has 0 aliphatic carbocycles. The predicted molar refractivity (Wildman–Crippen MR) is 124 cm³/mol. The number of rotatable bonds is 10. The summed E-state index contributed by atoms with van der Waals surface area (Å²) in [5.74, 6) is 0.170. The van der Waals surface area contributed by atoms with Crippen molar-refractivity contribution in [1.29, 1.82) is 0 Å². The molecule has 3 rings (SSSR count). The third-order valence-corrected chi connectivity index (χ3v) is 5.03. The minimum atomic E-state index is -0.894. The Morgan fingerprint density at radius 2 is 1.79 bits per heavy atom. The van der Waals surface area contributed by atoms with Crippen LogP contribution in [0.3, 0.4) is 0 Å². The van der Waals surface area contributed by atoms with E-state index in [-0.39, 0.29) is 19.3 Å². The maximum absolute atomic E-state index is 12.5. The summed E-state index contributed by atoms with van der Waals surface area (Å²) < 4.78 is 20.8. The Morgan fingerprint density at radius 3 is 2.50 bits per heavy atom. The molecule has 0 spiro atoms. The van der Waals surface area contributed by atoms with Gasteiger partial charge in [0.15, 0.2) is 18.1 Å². The van der Waals surface area contributed by atoms with E-state index in [0.717, 1.165) is 11.1 Å². The number of nitrogens with one attached hydrogen (secondary N) is 2. The highest BCUT2D eigenvalue weighted by Gasteiger charge is 2.25. The summed E-state index contributed by atoms with van der Waals surface area (Å²) in [4.78, 5) is 36.9. The minimum absolute atomic E-state index is 0.173. The Labute approximate surface area is 198 Å². The quantitative estimate of drug-likeness (QED) is 0.407. The first kappa shape index (κ1) is 24.6. The molecule has 1 aliphatic heterocycles. The molecule has 1 heterocycles. The molecule has 2 amide bonds. The zero-order valence-electron chi connectivity index (χ0n) is 19.3. The Bertz CT molecular complexity index is 1050. The van der Waals surface area contributed by atoms with Gasteiger partial charge in [0.1, 0.15) is 11.8 Å². The van der Waals surface area contributed by atoms with E-state index in [1.807, 2.05) is 6.07 Å². The van der Waals surface area contributed by atoms with Crippen LogP contribution in [0.15, 0.2) is 48.5 Å². The second-order valence-corrected chi connectivity index (χ2v) is 7.91. The SMILES string of the molecule is COc1ccc(C=CC(=O)NC(C(=O)OCC(=O)NCc2ccc3c(c2)OCO3)C(C)C)cc1. The fourth-order valence-corrected chi connectivity index (χ4v) is 3.12. The molecule has 0 saturated heterocycles. The van der Waals surface area contributed by atoms with Crippen molar-refractivity contribution in [3.63, 3.8) is 0 Å². The van der Waals surface area contributed by atoms with Gasteiger partial charge in [0.2, 0.25) is 12.7 Å². The number of carbonyl (C=O) groups excluding carboxylic acids is 3. The van der Waals surface area contributed by atoms with Gasteiger partial charge in [0.05, 0.1) is 7.11 Å². The van der Waals surface area contributed by atoms with Crippen LogP contribution in [-0.2, 0) is 25.7 Å². The number of esters is 1. The lowest BCUT2D eigenvalue weighted by Crippen LogP contribution is -2.45. The summed E-state index contributed by atoms with van der Waals surface area (Å²) >= 11 is 0. The summed E-state index contributed by atoms with van der Waals surface area (Å²) in [5, 5.41) is 5.31. The summed E-state index contributed by atoms with van der Waals surface area (Å²) in [5.41, 5.74) is 1.62. The van der Waals surface area contributed by atoms with Gasteiger partial charge in [0.25, 0.3) is 5.91 Å². The first-order valence-corrected chi connectivity index (χ1v) is 10.8. The Morgan fingerprint density at radius 1 is 1.06 bits per heavy atom. The number of methoxy groups -OCH3 is 1. The average molecular weight is 469 g/mol. The molecule has 1 atom stereocenters. The molecule has 0 radical (unpaired) electrons. The van der Waals surface area contributed by atoms with Crippen LogP contribution < -0.4 is 24.8 Å². The van der Waals surface area contributed by atoms with E-state index in [1.165, 1.54) is 6.08 Å². The predicted octanol–water partition coefficient (Wildman–Crippen LogP) is 2.44. The van der Waals surface area contributed by atoms with Gasteiger partial charge in [0, 0.05) is 12.6 Å². The Balaban J connectivity index is 1.45. The smallest absolute Gasteiger partial charge is 0.329 e. The molecule has 1 unspecified atom stereocenters. The topological polar surface area (TPSA) is 112 Å². The standard InChI is InChI=1S/C25H28N2O7/c1-16(2)24(27-22(28)11-7-17-4-8-19(31-3)9-5-17)25(30)32-14-23(29)26-13-18-6-10-20-21(12-18)34-15-33-20/h4-12,16,24H,13-15H2,1-3H3,(H,26,29)(H,27,28). The van der Waals surface area contributed by atoms with E-state index in [9.17, 15) is 14.4 Å². The van der Waals surface area contributed by atoms with E-state index in [1.54, 1.807) is 63.4 Å². The molecule has 9 heteroatoms. The van der Waals surface area contributed by atoms with Crippen LogP contribution in [0.25, 0.3) is 6.08 Å². The van der Waals surface area contributed by atoms with Crippen LogP contribution in [0, 0.1) is 5.92 Å². The van der Waals surface area contributed by atoms with E-state index < -0.39 is 30.4 Å². The number of fused-ring (bicyclic) bond motifs is 1. The molecule has 2 aromatic rings. The fraction of sp³-hybridized carbons (Fsp3) is 0.320. The van der Waals surface area contributed by atoms with Gasteiger partial charge in [-0.1, -0.05) is 32.0 Å². The van der Waals surface area contributed by atoms with Crippen molar-refractivity contribution < 1.29 is 33.3 Å². The van der Waals surface area contributed by atoms with Crippen LogP contribution in [-0.4, -0.2) is 44.3 Å². The molecule has 9 nitrogen and oxygen atoms in total. The maximum Gasteiger partial charge on any atom is 0.329 e. The van der Waals surface area contributed by atoms with Gasteiger partial charge in [-0.25, -0.2) is 4.79 Å². The lowest BCUT2D eigenvalue weighted by Gasteiger charge is -2.20. The molecule has 0 bridgehead atoms. The summed E-state index contributed by atoms with van der Waals surface area (Å²) in [6.07, 6.45) is 2.96. The van der Waals surface area contributed by atoms with Crippen LogP contribution in [0.2, 0.25) is 0 Å². The lowest BCUT2D eigenvalue weighted by atomic mass is 10.0. The van der Waals surface area contributed by atoms with Gasteiger partial charge in [-0.2, -0.15) is 0 Å². The van der Waals surface area contributed by atoms with Crippen LogP contribution in [0.4, 0.5) is 0 Å². The lowest BCUT2D eigenvalue weighted by molar-refractivity contribution is -0.152. The third kappa shape index (κ3) is 6.99. The number of carbonyl (C=O) groups is 3. The molecular weight excluding hydrogens is 440 g/mol.